The van der Waals surface area contributed by atoms with Crippen molar-refractivity contribution < 1.29 is 19.5 Å². The van der Waals surface area contributed by atoms with Crippen molar-refractivity contribution in [3.05, 3.63) is 0 Å². The standard InChI is InChI=1S/C13H22N2O4/c1-14-11(17)9-15-10(16)8-13(12(18)19)6-4-2-3-5-7-13/h2-9H2,1H3,(H,14,17)(H,15,16)(H,18,19). The maximum absolute atomic E-state index is 11.8. The third-order valence-corrected chi connectivity index (χ3v) is 3.74. The van der Waals surface area contributed by atoms with Crippen LogP contribution in [0.2, 0.25) is 0 Å². The Morgan fingerprint density at radius 3 is 2.11 bits per heavy atom. The summed E-state index contributed by atoms with van der Waals surface area (Å²) in [5.41, 5.74) is -0.955. The Bertz CT molecular complexity index is 347. The molecule has 0 heterocycles. The Labute approximate surface area is 112 Å². The van der Waals surface area contributed by atoms with Gasteiger partial charge < -0.3 is 15.7 Å². The van der Waals surface area contributed by atoms with Gasteiger partial charge in [0.05, 0.1) is 12.0 Å². The number of hydrogen-bond donors (Lipinski definition) is 3. The first-order chi connectivity index (χ1) is 9.00. The van der Waals surface area contributed by atoms with E-state index < -0.39 is 11.4 Å². The summed E-state index contributed by atoms with van der Waals surface area (Å²) in [6.45, 7) is -0.106. The van der Waals surface area contributed by atoms with Gasteiger partial charge in [0.2, 0.25) is 11.8 Å². The van der Waals surface area contributed by atoms with Crippen LogP contribution in [0, 0.1) is 5.41 Å². The summed E-state index contributed by atoms with van der Waals surface area (Å²) in [5, 5.41) is 14.3. The normalized spacial score (nSPS) is 18.2. The first kappa shape index (κ1) is 15.5. The van der Waals surface area contributed by atoms with Gasteiger partial charge >= 0.3 is 5.97 Å². The molecule has 0 aliphatic heterocycles. The van der Waals surface area contributed by atoms with Crippen LogP contribution < -0.4 is 10.6 Å². The third kappa shape index (κ3) is 4.54. The van der Waals surface area contributed by atoms with E-state index in [1.165, 1.54) is 7.05 Å². The summed E-state index contributed by atoms with van der Waals surface area (Å²) in [6.07, 6.45) is 4.76. The average Bonchev–Trinajstić information content (AvgIpc) is 2.62. The first-order valence-electron chi connectivity index (χ1n) is 6.71. The Balaban J connectivity index is 2.59. The fraction of sp³-hybridized carbons (Fsp3) is 0.769. The van der Waals surface area contributed by atoms with Gasteiger partial charge in [0.15, 0.2) is 0 Å². The molecular weight excluding hydrogens is 248 g/mol. The largest absolute Gasteiger partial charge is 0.481 e. The molecule has 0 bridgehead atoms. The molecule has 6 heteroatoms. The van der Waals surface area contributed by atoms with Crippen LogP contribution in [0.5, 0.6) is 0 Å². The summed E-state index contributed by atoms with van der Waals surface area (Å²) >= 11 is 0. The van der Waals surface area contributed by atoms with Crippen LogP contribution in [0.25, 0.3) is 0 Å². The van der Waals surface area contributed by atoms with Crippen LogP contribution >= 0.6 is 0 Å². The maximum Gasteiger partial charge on any atom is 0.310 e. The van der Waals surface area contributed by atoms with Crippen molar-refractivity contribution in [1.29, 1.82) is 0 Å². The highest BCUT2D eigenvalue weighted by Crippen LogP contribution is 2.38. The summed E-state index contributed by atoms with van der Waals surface area (Å²) in [5.74, 6) is -1.56. The van der Waals surface area contributed by atoms with E-state index in [4.69, 9.17) is 0 Å². The number of carbonyl (C=O) groups is 3. The highest BCUT2D eigenvalue weighted by molar-refractivity contribution is 5.88. The van der Waals surface area contributed by atoms with Gasteiger partial charge in [0, 0.05) is 13.5 Å². The predicted octanol–water partition coefficient (Wildman–Crippen LogP) is 0.664. The molecule has 1 saturated carbocycles. The predicted molar refractivity (Wildman–Crippen MR) is 69.5 cm³/mol. The molecule has 0 atom stereocenters. The van der Waals surface area contributed by atoms with E-state index in [2.05, 4.69) is 10.6 Å². The number of carbonyl (C=O) groups excluding carboxylic acids is 2. The van der Waals surface area contributed by atoms with Crippen LogP contribution in [-0.4, -0.2) is 36.5 Å². The number of likely N-dealkylation sites (N-methyl/N-ethyl adjacent to an activating group) is 1. The number of amides is 2. The lowest BCUT2D eigenvalue weighted by Gasteiger charge is -2.27. The molecule has 6 nitrogen and oxygen atoms in total. The molecule has 0 radical (unpaired) electrons. The van der Waals surface area contributed by atoms with Crippen molar-refractivity contribution in [2.24, 2.45) is 5.41 Å². The van der Waals surface area contributed by atoms with Crippen LogP contribution in [-0.2, 0) is 14.4 Å². The molecular formula is C13H22N2O4. The number of rotatable bonds is 5. The summed E-state index contributed by atoms with van der Waals surface area (Å²) < 4.78 is 0. The van der Waals surface area contributed by atoms with Gasteiger partial charge in [-0.05, 0) is 12.8 Å². The van der Waals surface area contributed by atoms with Crippen LogP contribution in [0.3, 0.4) is 0 Å². The molecule has 1 rings (SSSR count). The molecule has 0 aromatic carbocycles. The molecule has 108 valence electrons. The van der Waals surface area contributed by atoms with Gasteiger partial charge in [-0.25, -0.2) is 0 Å². The average molecular weight is 270 g/mol. The molecule has 0 aromatic heterocycles. The fourth-order valence-corrected chi connectivity index (χ4v) is 2.51. The molecule has 1 aliphatic rings. The van der Waals surface area contributed by atoms with Crippen molar-refractivity contribution >= 4 is 17.8 Å². The highest BCUT2D eigenvalue weighted by atomic mass is 16.4. The molecule has 2 amide bonds. The molecule has 0 aromatic rings. The highest BCUT2D eigenvalue weighted by Gasteiger charge is 2.40. The van der Waals surface area contributed by atoms with Crippen molar-refractivity contribution in [2.75, 3.05) is 13.6 Å². The number of carboxylic acid groups (broad SMARTS) is 1. The van der Waals surface area contributed by atoms with E-state index in [9.17, 15) is 19.5 Å². The first-order valence-corrected chi connectivity index (χ1v) is 6.71. The smallest absolute Gasteiger partial charge is 0.310 e. The zero-order valence-corrected chi connectivity index (χ0v) is 11.3. The Morgan fingerprint density at radius 1 is 1.05 bits per heavy atom. The van der Waals surface area contributed by atoms with Gasteiger partial charge in [0.1, 0.15) is 0 Å². The number of hydrogen-bond acceptors (Lipinski definition) is 3. The van der Waals surface area contributed by atoms with Gasteiger partial charge in [-0.1, -0.05) is 25.7 Å². The van der Waals surface area contributed by atoms with Crippen molar-refractivity contribution in [1.82, 2.24) is 10.6 Å². The van der Waals surface area contributed by atoms with Crippen LogP contribution in [0.1, 0.15) is 44.9 Å². The van der Waals surface area contributed by atoms with E-state index in [1.54, 1.807) is 0 Å². The second-order valence-corrected chi connectivity index (χ2v) is 5.13. The lowest BCUT2D eigenvalue weighted by Crippen LogP contribution is -2.40. The number of nitrogens with one attached hydrogen (secondary N) is 2. The molecule has 0 spiro atoms. The van der Waals surface area contributed by atoms with E-state index in [1.807, 2.05) is 0 Å². The monoisotopic (exact) mass is 270 g/mol. The summed E-state index contributed by atoms with van der Waals surface area (Å²) in [6, 6.07) is 0. The Hall–Kier alpha value is -1.59. The molecule has 0 saturated heterocycles. The number of aliphatic carboxylic acids is 1. The lowest BCUT2D eigenvalue weighted by molar-refractivity contribution is -0.152. The SMILES string of the molecule is CNC(=O)CNC(=O)CC1(C(=O)O)CCCCCC1. The topological polar surface area (TPSA) is 95.5 Å². The Morgan fingerprint density at radius 2 is 1.63 bits per heavy atom. The fourth-order valence-electron chi connectivity index (χ4n) is 2.51. The zero-order chi connectivity index (χ0) is 14.3. The lowest BCUT2D eigenvalue weighted by atomic mass is 9.77. The number of carboxylic acids is 1. The van der Waals surface area contributed by atoms with Gasteiger partial charge in [-0.3, -0.25) is 14.4 Å². The van der Waals surface area contributed by atoms with Crippen LogP contribution in [0.15, 0.2) is 0 Å². The minimum atomic E-state index is -0.955. The molecule has 19 heavy (non-hydrogen) atoms. The van der Waals surface area contributed by atoms with Gasteiger partial charge in [-0.2, -0.15) is 0 Å². The Kier molecular flexibility index (Phi) is 5.79. The van der Waals surface area contributed by atoms with E-state index in [-0.39, 0.29) is 24.8 Å². The molecule has 0 unspecified atom stereocenters. The summed E-state index contributed by atoms with van der Waals surface area (Å²) in [4.78, 5) is 34.3. The zero-order valence-electron chi connectivity index (χ0n) is 11.3. The second kappa shape index (κ2) is 7.11. The van der Waals surface area contributed by atoms with E-state index in [0.29, 0.717) is 12.8 Å². The summed E-state index contributed by atoms with van der Waals surface area (Å²) in [7, 11) is 1.48. The minimum absolute atomic E-state index is 0.0423. The van der Waals surface area contributed by atoms with E-state index >= 15 is 0 Å². The molecule has 3 N–H and O–H groups in total. The third-order valence-electron chi connectivity index (χ3n) is 3.74. The van der Waals surface area contributed by atoms with Crippen LogP contribution in [0.4, 0.5) is 0 Å². The van der Waals surface area contributed by atoms with Gasteiger partial charge in [-0.15, -0.1) is 0 Å². The minimum Gasteiger partial charge on any atom is -0.481 e. The quantitative estimate of drug-likeness (QED) is 0.640. The second-order valence-electron chi connectivity index (χ2n) is 5.13. The maximum atomic E-state index is 11.8. The van der Waals surface area contributed by atoms with Gasteiger partial charge in [0.25, 0.3) is 0 Å². The van der Waals surface area contributed by atoms with E-state index in [0.717, 1.165) is 25.7 Å². The van der Waals surface area contributed by atoms with Crippen molar-refractivity contribution in [3.63, 3.8) is 0 Å². The van der Waals surface area contributed by atoms with Crippen molar-refractivity contribution in [3.8, 4) is 0 Å². The molecule has 1 fully saturated rings. The molecule has 1 aliphatic carbocycles. The van der Waals surface area contributed by atoms with Crippen molar-refractivity contribution in [2.45, 2.75) is 44.9 Å².